The van der Waals surface area contributed by atoms with E-state index in [-0.39, 0.29) is 6.61 Å². The predicted octanol–water partition coefficient (Wildman–Crippen LogP) is 2.44. The highest BCUT2D eigenvalue weighted by Gasteiger charge is 2.05. The van der Waals surface area contributed by atoms with E-state index in [1.165, 1.54) is 5.56 Å². The molecule has 0 radical (unpaired) electrons. The number of aliphatic hydroxyl groups excluding tert-OH is 1. The summed E-state index contributed by atoms with van der Waals surface area (Å²) in [6.07, 6.45) is 0.267. The van der Waals surface area contributed by atoms with Crippen molar-refractivity contribution in [3.05, 3.63) is 65.2 Å². The van der Waals surface area contributed by atoms with E-state index in [1.54, 1.807) is 6.07 Å². The Morgan fingerprint density at radius 1 is 1.22 bits per heavy atom. The van der Waals surface area contributed by atoms with Gasteiger partial charge in [0.15, 0.2) is 0 Å². The van der Waals surface area contributed by atoms with Crippen LogP contribution in [0.25, 0.3) is 0 Å². The van der Waals surface area contributed by atoms with Crippen LogP contribution < -0.4 is 10.1 Å². The number of hydrogen-bond donors (Lipinski definition) is 2. The summed E-state index contributed by atoms with van der Waals surface area (Å²) in [5.74, 6) is 0.767. The summed E-state index contributed by atoms with van der Waals surface area (Å²) >= 11 is 0. The molecule has 23 heavy (non-hydrogen) atoms. The average Bonchev–Trinajstić information content (AvgIpc) is 2.58. The van der Waals surface area contributed by atoms with Gasteiger partial charge in [0.1, 0.15) is 18.5 Å². The largest absolute Gasteiger partial charge is 0.491 e. The Labute approximate surface area is 137 Å². The molecule has 4 heteroatoms. The minimum Gasteiger partial charge on any atom is -0.491 e. The van der Waals surface area contributed by atoms with Crippen LogP contribution in [0.3, 0.4) is 0 Å². The minimum atomic E-state index is -0.554. The van der Waals surface area contributed by atoms with Gasteiger partial charge >= 0.3 is 0 Å². The van der Waals surface area contributed by atoms with Crippen molar-refractivity contribution in [2.45, 2.75) is 19.4 Å². The van der Waals surface area contributed by atoms with Crippen LogP contribution in [0.4, 0.5) is 0 Å². The second-order valence-electron chi connectivity index (χ2n) is 5.54. The van der Waals surface area contributed by atoms with Crippen molar-refractivity contribution in [2.75, 3.05) is 19.7 Å². The quantitative estimate of drug-likeness (QED) is 0.735. The fourth-order valence-corrected chi connectivity index (χ4v) is 2.18. The van der Waals surface area contributed by atoms with Crippen molar-refractivity contribution in [2.24, 2.45) is 0 Å². The summed E-state index contributed by atoms with van der Waals surface area (Å²) in [5, 5.41) is 22.0. The lowest BCUT2D eigenvalue weighted by atomic mass is 10.1. The standard InChI is InChI=1S/C19H22N2O2/c1-15-5-7-19(8-6-15)23-14-18(22)13-21-10-9-16-3-2-4-17(11-16)12-20/h2-8,11,18,21-22H,9-10,13-14H2,1H3/t18-/m0/s1. The number of rotatable bonds is 8. The summed E-state index contributed by atoms with van der Waals surface area (Å²) in [6.45, 7) is 3.51. The lowest BCUT2D eigenvalue weighted by Crippen LogP contribution is -2.32. The Balaban J connectivity index is 1.63. The van der Waals surface area contributed by atoms with Gasteiger partial charge in [-0.2, -0.15) is 5.26 Å². The molecule has 2 N–H and O–H groups in total. The monoisotopic (exact) mass is 310 g/mol. The molecule has 2 aromatic rings. The van der Waals surface area contributed by atoms with Gasteiger partial charge in [0.2, 0.25) is 0 Å². The third-order valence-corrected chi connectivity index (χ3v) is 3.49. The van der Waals surface area contributed by atoms with Gasteiger partial charge in [0, 0.05) is 6.54 Å². The van der Waals surface area contributed by atoms with E-state index < -0.39 is 6.10 Å². The fraction of sp³-hybridized carbons (Fsp3) is 0.316. The number of aliphatic hydroxyl groups is 1. The molecule has 0 saturated carbocycles. The second kappa shape index (κ2) is 8.94. The first kappa shape index (κ1) is 17.0. The number of hydrogen-bond acceptors (Lipinski definition) is 4. The van der Waals surface area contributed by atoms with Crippen molar-refractivity contribution < 1.29 is 9.84 Å². The maximum Gasteiger partial charge on any atom is 0.119 e. The Bertz CT molecular complexity index is 647. The van der Waals surface area contributed by atoms with E-state index in [9.17, 15) is 5.11 Å². The maximum atomic E-state index is 9.91. The van der Waals surface area contributed by atoms with Crippen molar-refractivity contribution in [1.82, 2.24) is 5.32 Å². The van der Waals surface area contributed by atoms with Gasteiger partial charge in [0.25, 0.3) is 0 Å². The molecule has 0 spiro atoms. The van der Waals surface area contributed by atoms with Gasteiger partial charge in [-0.1, -0.05) is 29.8 Å². The van der Waals surface area contributed by atoms with Crippen LogP contribution in [0.1, 0.15) is 16.7 Å². The van der Waals surface area contributed by atoms with Crippen molar-refractivity contribution >= 4 is 0 Å². The van der Waals surface area contributed by atoms with E-state index >= 15 is 0 Å². The zero-order chi connectivity index (χ0) is 16.5. The Kier molecular flexibility index (Phi) is 6.61. The number of benzene rings is 2. The molecule has 0 aliphatic rings. The minimum absolute atomic E-state index is 0.264. The number of ether oxygens (including phenoxy) is 1. The molecule has 0 aromatic heterocycles. The average molecular weight is 310 g/mol. The highest BCUT2D eigenvalue weighted by Crippen LogP contribution is 2.11. The van der Waals surface area contributed by atoms with Gasteiger partial charge in [-0.05, 0) is 49.7 Å². The zero-order valence-corrected chi connectivity index (χ0v) is 13.3. The van der Waals surface area contributed by atoms with Crippen LogP contribution in [0.15, 0.2) is 48.5 Å². The second-order valence-corrected chi connectivity index (χ2v) is 5.54. The van der Waals surface area contributed by atoms with Gasteiger partial charge in [0.05, 0.1) is 11.6 Å². The Hall–Kier alpha value is -2.35. The van der Waals surface area contributed by atoms with E-state index in [0.29, 0.717) is 12.1 Å². The van der Waals surface area contributed by atoms with Gasteiger partial charge in [-0.3, -0.25) is 0 Å². The normalized spacial score (nSPS) is 11.7. The first-order chi connectivity index (χ1) is 11.2. The highest BCUT2D eigenvalue weighted by atomic mass is 16.5. The summed E-state index contributed by atoms with van der Waals surface area (Å²) in [4.78, 5) is 0. The molecule has 0 unspecified atom stereocenters. The van der Waals surface area contributed by atoms with Crippen molar-refractivity contribution in [3.8, 4) is 11.8 Å². The number of nitriles is 1. The van der Waals surface area contributed by atoms with Gasteiger partial charge in [-0.15, -0.1) is 0 Å². The van der Waals surface area contributed by atoms with Gasteiger partial charge < -0.3 is 15.2 Å². The molecule has 0 bridgehead atoms. The lowest BCUT2D eigenvalue weighted by molar-refractivity contribution is 0.106. The Morgan fingerprint density at radius 3 is 2.74 bits per heavy atom. The van der Waals surface area contributed by atoms with Gasteiger partial charge in [-0.25, -0.2) is 0 Å². The highest BCUT2D eigenvalue weighted by molar-refractivity contribution is 5.32. The molecule has 0 heterocycles. The van der Waals surface area contributed by atoms with E-state index in [1.807, 2.05) is 49.4 Å². The molecule has 1 atom stereocenters. The molecule has 2 rings (SSSR count). The van der Waals surface area contributed by atoms with E-state index in [4.69, 9.17) is 10.00 Å². The van der Waals surface area contributed by atoms with Crippen molar-refractivity contribution in [3.63, 3.8) is 0 Å². The van der Waals surface area contributed by atoms with E-state index in [0.717, 1.165) is 24.3 Å². The number of nitrogens with one attached hydrogen (secondary N) is 1. The molecule has 4 nitrogen and oxygen atoms in total. The third-order valence-electron chi connectivity index (χ3n) is 3.49. The molecule has 0 aliphatic heterocycles. The molecule has 0 aliphatic carbocycles. The fourth-order valence-electron chi connectivity index (χ4n) is 2.18. The van der Waals surface area contributed by atoms with Crippen LogP contribution in [0, 0.1) is 18.3 Å². The molecule has 0 saturated heterocycles. The van der Waals surface area contributed by atoms with E-state index in [2.05, 4.69) is 11.4 Å². The zero-order valence-electron chi connectivity index (χ0n) is 13.3. The summed E-state index contributed by atoms with van der Waals surface area (Å²) in [7, 11) is 0. The summed E-state index contributed by atoms with van der Waals surface area (Å²) < 4.78 is 5.54. The SMILES string of the molecule is Cc1ccc(OC[C@@H](O)CNCCc2cccc(C#N)c2)cc1. The first-order valence-corrected chi connectivity index (χ1v) is 7.74. The van der Waals surface area contributed by atoms with Crippen LogP contribution >= 0.6 is 0 Å². The van der Waals surface area contributed by atoms with Crippen LogP contribution in [0.2, 0.25) is 0 Å². The lowest BCUT2D eigenvalue weighted by Gasteiger charge is -2.13. The first-order valence-electron chi connectivity index (χ1n) is 7.74. The molecule has 0 amide bonds. The smallest absolute Gasteiger partial charge is 0.119 e. The van der Waals surface area contributed by atoms with Crippen LogP contribution in [-0.2, 0) is 6.42 Å². The maximum absolute atomic E-state index is 9.91. The molecule has 2 aromatic carbocycles. The molecule has 120 valence electrons. The Morgan fingerprint density at radius 2 is 2.00 bits per heavy atom. The number of nitrogens with zero attached hydrogens (tertiary/aromatic N) is 1. The summed E-state index contributed by atoms with van der Waals surface area (Å²) in [6, 6.07) is 17.5. The topological polar surface area (TPSA) is 65.3 Å². The third kappa shape index (κ3) is 6.11. The summed E-state index contributed by atoms with van der Waals surface area (Å²) in [5.41, 5.74) is 2.97. The molecular formula is C19H22N2O2. The molecule has 0 fully saturated rings. The predicted molar refractivity (Wildman–Crippen MR) is 90.4 cm³/mol. The van der Waals surface area contributed by atoms with Crippen LogP contribution in [0.5, 0.6) is 5.75 Å². The van der Waals surface area contributed by atoms with Crippen LogP contribution in [-0.4, -0.2) is 30.9 Å². The number of aryl methyl sites for hydroxylation is 1. The van der Waals surface area contributed by atoms with Crippen molar-refractivity contribution in [1.29, 1.82) is 5.26 Å². The molecular weight excluding hydrogens is 288 g/mol.